The molecular weight excluding hydrogens is 288 g/mol. The first-order chi connectivity index (χ1) is 9.79. The minimum Gasteiger partial charge on any atom is -0.378 e. The van der Waals surface area contributed by atoms with Crippen LogP contribution in [0.1, 0.15) is 53.4 Å². The third-order valence-electron chi connectivity index (χ3n) is 3.58. The van der Waals surface area contributed by atoms with E-state index >= 15 is 0 Å². The summed E-state index contributed by atoms with van der Waals surface area (Å²) in [5.74, 6) is 0.487. The maximum atomic E-state index is 11.8. The Bertz CT molecular complexity index is 349. The highest BCUT2D eigenvalue weighted by Crippen LogP contribution is 2.17. The van der Waals surface area contributed by atoms with Gasteiger partial charge >= 0.3 is 6.03 Å². The van der Waals surface area contributed by atoms with Crippen molar-refractivity contribution in [3.8, 4) is 0 Å². The molecule has 1 fully saturated rings. The number of hydrogen-bond acceptors (Lipinski definition) is 3. The standard InChI is InChI=1S/C15H30N2O3S/c1-12(7-8-13-6-5-10-20-13)17-14(18)16-9-11-21(19)15(2,3)4/h12-13H,5-11H2,1-4H3,(H2,16,17,18)/t12-,13+,21+/m1/s1. The summed E-state index contributed by atoms with van der Waals surface area (Å²) < 4.78 is 17.2. The fourth-order valence-corrected chi connectivity index (χ4v) is 3.12. The molecule has 3 atom stereocenters. The number of ether oxygens (including phenoxy) is 1. The normalized spacial score (nSPS) is 21.8. The summed E-state index contributed by atoms with van der Waals surface area (Å²) in [6.07, 6.45) is 4.57. The Hall–Kier alpha value is -0.620. The van der Waals surface area contributed by atoms with E-state index in [9.17, 15) is 9.00 Å². The zero-order chi connectivity index (χ0) is 15.9. The number of carbonyl (C=O) groups excluding carboxylic acids is 1. The van der Waals surface area contributed by atoms with E-state index < -0.39 is 10.8 Å². The fraction of sp³-hybridized carbons (Fsp3) is 0.933. The van der Waals surface area contributed by atoms with E-state index in [2.05, 4.69) is 10.6 Å². The zero-order valence-electron chi connectivity index (χ0n) is 13.7. The van der Waals surface area contributed by atoms with Gasteiger partial charge in [-0.25, -0.2) is 4.79 Å². The number of carbonyl (C=O) groups is 1. The molecule has 0 unspecified atom stereocenters. The Morgan fingerprint density at radius 3 is 2.71 bits per heavy atom. The summed E-state index contributed by atoms with van der Waals surface area (Å²) in [6, 6.07) is -0.0527. The molecule has 0 saturated carbocycles. The molecule has 0 aromatic heterocycles. The highest BCUT2D eigenvalue weighted by Gasteiger charge is 2.19. The van der Waals surface area contributed by atoms with Crippen LogP contribution in [-0.4, -0.2) is 46.0 Å². The third-order valence-corrected chi connectivity index (χ3v) is 5.52. The summed E-state index contributed by atoms with van der Waals surface area (Å²) in [7, 11) is -0.931. The van der Waals surface area contributed by atoms with Crippen LogP contribution in [0.25, 0.3) is 0 Å². The van der Waals surface area contributed by atoms with Crippen LogP contribution in [-0.2, 0) is 15.5 Å². The fourth-order valence-electron chi connectivity index (χ4n) is 2.22. The average Bonchev–Trinajstić information content (AvgIpc) is 2.88. The average molecular weight is 318 g/mol. The molecule has 1 heterocycles. The van der Waals surface area contributed by atoms with Gasteiger partial charge in [-0.15, -0.1) is 0 Å². The number of hydrogen-bond donors (Lipinski definition) is 2. The molecule has 0 spiro atoms. The molecule has 1 aliphatic heterocycles. The van der Waals surface area contributed by atoms with Crippen LogP contribution < -0.4 is 10.6 Å². The number of nitrogens with one attached hydrogen (secondary N) is 2. The van der Waals surface area contributed by atoms with E-state index in [0.717, 1.165) is 32.3 Å². The Morgan fingerprint density at radius 1 is 1.43 bits per heavy atom. The van der Waals surface area contributed by atoms with Crippen molar-refractivity contribution in [3.63, 3.8) is 0 Å². The van der Waals surface area contributed by atoms with E-state index in [1.54, 1.807) is 0 Å². The van der Waals surface area contributed by atoms with Gasteiger partial charge in [-0.1, -0.05) is 0 Å². The predicted molar refractivity (Wildman–Crippen MR) is 87.0 cm³/mol. The lowest BCUT2D eigenvalue weighted by Gasteiger charge is -2.19. The molecule has 0 aromatic rings. The van der Waals surface area contributed by atoms with E-state index in [-0.39, 0.29) is 16.8 Å². The molecule has 2 N–H and O–H groups in total. The van der Waals surface area contributed by atoms with E-state index in [1.807, 2.05) is 27.7 Å². The second-order valence-corrected chi connectivity index (χ2v) is 9.00. The van der Waals surface area contributed by atoms with Crippen molar-refractivity contribution >= 4 is 16.8 Å². The van der Waals surface area contributed by atoms with Gasteiger partial charge in [0, 0.05) is 40.5 Å². The highest BCUT2D eigenvalue weighted by molar-refractivity contribution is 7.86. The van der Waals surface area contributed by atoms with Gasteiger partial charge < -0.3 is 15.4 Å². The second kappa shape index (κ2) is 8.73. The van der Waals surface area contributed by atoms with Crippen molar-refractivity contribution in [1.29, 1.82) is 0 Å². The third kappa shape index (κ3) is 7.81. The van der Waals surface area contributed by atoms with Crippen LogP contribution in [0.5, 0.6) is 0 Å². The minimum absolute atomic E-state index is 0.127. The van der Waals surface area contributed by atoms with E-state index in [4.69, 9.17) is 4.74 Å². The van der Waals surface area contributed by atoms with Crippen molar-refractivity contribution in [2.75, 3.05) is 18.9 Å². The van der Waals surface area contributed by atoms with Gasteiger partial charge in [0.1, 0.15) is 0 Å². The van der Waals surface area contributed by atoms with Crippen LogP contribution in [0.15, 0.2) is 0 Å². The monoisotopic (exact) mass is 318 g/mol. The zero-order valence-corrected chi connectivity index (χ0v) is 14.6. The summed E-state index contributed by atoms with van der Waals surface area (Å²) in [5.41, 5.74) is 0. The molecule has 0 aromatic carbocycles. The molecule has 1 rings (SSSR count). The van der Waals surface area contributed by atoms with Crippen molar-refractivity contribution in [3.05, 3.63) is 0 Å². The van der Waals surface area contributed by atoms with Crippen molar-refractivity contribution < 1.29 is 13.7 Å². The molecule has 5 nitrogen and oxygen atoms in total. The highest BCUT2D eigenvalue weighted by atomic mass is 32.2. The molecular formula is C15H30N2O3S. The molecule has 1 aliphatic rings. The summed E-state index contributed by atoms with van der Waals surface area (Å²) >= 11 is 0. The Kier molecular flexibility index (Phi) is 7.66. The van der Waals surface area contributed by atoms with Gasteiger partial charge in [0.25, 0.3) is 0 Å². The second-order valence-electron chi connectivity index (χ2n) is 6.68. The first-order valence-corrected chi connectivity index (χ1v) is 9.15. The molecule has 1 saturated heterocycles. The first kappa shape index (κ1) is 18.4. The number of rotatable bonds is 7. The molecule has 6 heteroatoms. The topological polar surface area (TPSA) is 67.4 Å². The lowest BCUT2D eigenvalue weighted by atomic mass is 10.1. The van der Waals surface area contributed by atoms with Crippen LogP contribution in [0, 0.1) is 0 Å². The van der Waals surface area contributed by atoms with Crippen LogP contribution in [0.3, 0.4) is 0 Å². The minimum atomic E-state index is -0.931. The Morgan fingerprint density at radius 2 is 2.14 bits per heavy atom. The summed E-state index contributed by atoms with van der Waals surface area (Å²) in [6.45, 7) is 9.14. The van der Waals surface area contributed by atoms with Gasteiger partial charge in [0.05, 0.1) is 6.10 Å². The van der Waals surface area contributed by atoms with Crippen LogP contribution in [0.2, 0.25) is 0 Å². The first-order valence-electron chi connectivity index (χ1n) is 7.83. The lowest BCUT2D eigenvalue weighted by Crippen LogP contribution is -2.43. The van der Waals surface area contributed by atoms with Gasteiger partial charge in [-0.2, -0.15) is 0 Å². The van der Waals surface area contributed by atoms with Crippen molar-refractivity contribution in [2.24, 2.45) is 0 Å². The van der Waals surface area contributed by atoms with Gasteiger partial charge in [0.15, 0.2) is 0 Å². The van der Waals surface area contributed by atoms with Gasteiger partial charge in [-0.05, 0) is 53.4 Å². The van der Waals surface area contributed by atoms with Crippen molar-refractivity contribution in [1.82, 2.24) is 10.6 Å². The summed E-state index contributed by atoms with van der Waals surface area (Å²) in [5, 5.41) is 5.68. The predicted octanol–water partition coefficient (Wildman–Crippen LogP) is 2.18. The van der Waals surface area contributed by atoms with Crippen LogP contribution in [0.4, 0.5) is 4.79 Å². The largest absolute Gasteiger partial charge is 0.378 e. The van der Waals surface area contributed by atoms with Gasteiger partial charge in [0.2, 0.25) is 0 Å². The molecule has 0 radical (unpaired) electrons. The Balaban J connectivity index is 2.10. The molecule has 2 amide bonds. The van der Waals surface area contributed by atoms with Crippen LogP contribution >= 0.6 is 0 Å². The molecule has 124 valence electrons. The SMILES string of the molecule is C[C@H](CC[C@@H]1CCCO1)NC(=O)NCC[S@](=O)C(C)(C)C. The molecule has 0 aliphatic carbocycles. The van der Waals surface area contributed by atoms with Gasteiger partial charge in [-0.3, -0.25) is 4.21 Å². The smallest absolute Gasteiger partial charge is 0.315 e. The quantitative estimate of drug-likeness (QED) is 0.756. The number of amides is 2. The van der Waals surface area contributed by atoms with E-state index in [1.165, 1.54) is 0 Å². The number of urea groups is 1. The molecule has 21 heavy (non-hydrogen) atoms. The maximum Gasteiger partial charge on any atom is 0.315 e. The summed E-state index contributed by atoms with van der Waals surface area (Å²) in [4.78, 5) is 11.7. The van der Waals surface area contributed by atoms with Crippen molar-refractivity contribution in [2.45, 2.75) is 70.3 Å². The Labute approximate surface area is 131 Å². The maximum absolute atomic E-state index is 11.8. The lowest BCUT2D eigenvalue weighted by molar-refractivity contribution is 0.100. The molecule has 0 bridgehead atoms. The van der Waals surface area contributed by atoms with E-state index in [0.29, 0.717) is 18.4 Å².